The number of ether oxygens (including phenoxy) is 1. The lowest BCUT2D eigenvalue weighted by molar-refractivity contribution is -0.143. The molecule has 1 aliphatic rings. The summed E-state index contributed by atoms with van der Waals surface area (Å²) in [5.41, 5.74) is 1.17. The van der Waals surface area contributed by atoms with Gasteiger partial charge in [-0.25, -0.2) is 0 Å². The number of aliphatic carboxylic acids is 1. The lowest BCUT2D eigenvalue weighted by Crippen LogP contribution is -2.39. The molecule has 1 aromatic carbocycles. The lowest BCUT2D eigenvalue weighted by atomic mass is 9.93. The first-order valence-electron chi connectivity index (χ1n) is 8.85. The van der Waals surface area contributed by atoms with Crippen LogP contribution in [0.4, 0.5) is 0 Å². The highest BCUT2D eigenvalue weighted by Gasteiger charge is 2.32. The van der Waals surface area contributed by atoms with Gasteiger partial charge in [-0.2, -0.15) is 0 Å². The van der Waals surface area contributed by atoms with E-state index in [1.165, 1.54) is 15.3 Å². The number of rotatable bonds is 6. The Bertz CT molecular complexity index is 719. The number of carbonyl (C=O) groups is 1. The van der Waals surface area contributed by atoms with Gasteiger partial charge in [-0.05, 0) is 58.0 Å². The van der Waals surface area contributed by atoms with Gasteiger partial charge in [0.1, 0.15) is 5.75 Å². The van der Waals surface area contributed by atoms with Crippen molar-refractivity contribution in [1.29, 1.82) is 0 Å². The molecular formula is C20H25NO3S. The average molecular weight is 359 g/mol. The van der Waals surface area contributed by atoms with Crippen molar-refractivity contribution >= 4 is 17.3 Å². The Balaban J connectivity index is 1.93. The summed E-state index contributed by atoms with van der Waals surface area (Å²) < 4.78 is 5.88. The molecule has 1 fully saturated rings. The number of thiophene rings is 1. The predicted molar refractivity (Wildman–Crippen MR) is 100 cm³/mol. The lowest BCUT2D eigenvalue weighted by Gasteiger charge is -2.37. The summed E-state index contributed by atoms with van der Waals surface area (Å²) in [6, 6.07) is 12.7. The molecule has 2 heterocycles. The Hall–Kier alpha value is -1.85. The molecule has 1 N–H and O–H groups in total. The van der Waals surface area contributed by atoms with Crippen LogP contribution in [-0.2, 0) is 4.79 Å². The van der Waals surface area contributed by atoms with Crippen LogP contribution in [-0.4, -0.2) is 35.7 Å². The number of para-hydroxylation sites is 1. The minimum Gasteiger partial charge on any atom is -0.494 e. The van der Waals surface area contributed by atoms with Gasteiger partial charge in [-0.1, -0.05) is 18.2 Å². The summed E-state index contributed by atoms with van der Waals surface area (Å²) in [6.07, 6.45) is 1.40. The summed E-state index contributed by atoms with van der Waals surface area (Å²) in [5.74, 6) is 0.0309. The number of carboxylic acid groups (broad SMARTS) is 1. The highest BCUT2D eigenvalue weighted by molar-refractivity contribution is 7.12. The minimum atomic E-state index is -0.669. The van der Waals surface area contributed by atoms with Gasteiger partial charge in [-0.15, -0.1) is 11.3 Å². The first-order valence-corrected chi connectivity index (χ1v) is 9.66. The highest BCUT2D eigenvalue weighted by Crippen LogP contribution is 2.39. The second-order valence-electron chi connectivity index (χ2n) is 6.47. The number of hydrogen-bond donors (Lipinski definition) is 1. The largest absolute Gasteiger partial charge is 0.494 e. The van der Waals surface area contributed by atoms with Crippen LogP contribution in [0.3, 0.4) is 0 Å². The first-order chi connectivity index (χ1) is 12.1. The smallest absolute Gasteiger partial charge is 0.306 e. The van der Waals surface area contributed by atoms with Crippen molar-refractivity contribution in [2.24, 2.45) is 5.92 Å². The number of aryl methyl sites for hydroxylation is 1. The van der Waals surface area contributed by atoms with Gasteiger partial charge >= 0.3 is 5.97 Å². The van der Waals surface area contributed by atoms with E-state index in [4.69, 9.17) is 4.74 Å². The van der Waals surface area contributed by atoms with Crippen molar-refractivity contribution in [3.63, 3.8) is 0 Å². The van der Waals surface area contributed by atoms with Crippen LogP contribution in [0, 0.1) is 12.8 Å². The SMILES string of the molecule is CCOc1ccccc1C(c1ccc(C)s1)N1CCC(C(=O)O)CC1. The molecule has 1 aromatic heterocycles. The van der Waals surface area contributed by atoms with E-state index in [1.807, 2.05) is 19.1 Å². The number of likely N-dealkylation sites (tertiary alicyclic amines) is 1. The molecule has 25 heavy (non-hydrogen) atoms. The topological polar surface area (TPSA) is 49.8 Å². The second-order valence-corrected chi connectivity index (χ2v) is 7.79. The van der Waals surface area contributed by atoms with Crippen LogP contribution in [0.15, 0.2) is 36.4 Å². The Morgan fingerprint density at radius 2 is 2.00 bits per heavy atom. The van der Waals surface area contributed by atoms with Crippen molar-refractivity contribution in [1.82, 2.24) is 4.90 Å². The summed E-state index contributed by atoms with van der Waals surface area (Å²) >= 11 is 1.80. The third kappa shape index (κ3) is 4.05. The molecule has 0 spiro atoms. The molecule has 0 radical (unpaired) electrons. The number of piperidine rings is 1. The molecule has 1 aliphatic heterocycles. The number of benzene rings is 1. The molecule has 0 amide bonds. The Morgan fingerprint density at radius 1 is 1.28 bits per heavy atom. The molecular weight excluding hydrogens is 334 g/mol. The Labute approximate surface area is 153 Å². The van der Waals surface area contributed by atoms with Crippen LogP contribution < -0.4 is 4.74 Å². The van der Waals surface area contributed by atoms with Crippen molar-refractivity contribution in [2.45, 2.75) is 32.7 Å². The van der Waals surface area contributed by atoms with Crippen LogP contribution >= 0.6 is 11.3 Å². The first kappa shape index (κ1) is 18.0. The van der Waals surface area contributed by atoms with Crippen LogP contribution in [0.2, 0.25) is 0 Å². The molecule has 1 unspecified atom stereocenters. The molecule has 0 bridgehead atoms. The zero-order valence-corrected chi connectivity index (χ0v) is 15.6. The maximum absolute atomic E-state index is 11.3. The molecule has 1 atom stereocenters. The second kappa shape index (κ2) is 8.02. The van der Waals surface area contributed by atoms with Crippen LogP contribution in [0.5, 0.6) is 5.75 Å². The molecule has 5 heteroatoms. The summed E-state index contributed by atoms with van der Waals surface area (Å²) in [6.45, 7) is 6.34. The van der Waals surface area contributed by atoms with Gasteiger partial charge in [0.05, 0.1) is 18.6 Å². The van der Waals surface area contributed by atoms with Crippen LogP contribution in [0.1, 0.15) is 41.1 Å². The molecule has 134 valence electrons. The quantitative estimate of drug-likeness (QED) is 0.833. The third-order valence-electron chi connectivity index (χ3n) is 4.79. The molecule has 4 nitrogen and oxygen atoms in total. The van der Waals surface area contributed by atoms with E-state index in [-0.39, 0.29) is 12.0 Å². The van der Waals surface area contributed by atoms with E-state index in [2.05, 4.69) is 36.1 Å². The van der Waals surface area contributed by atoms with E-state index < -0.39 is 5.97 Å². The van der Waals surface area contributed by atoms with E-state index in [0.29, 0.717) is 19.4 Å². The van der Waals surface area contributed by atoms with E-state index in [1.54, 1.807) is 11.3 Å². The summed E-state index contributed by atoms with van der Waals surface area (Å²) in [5, 5.41) is 9.28. The highest BCUT2D eigenvalue weighted by atomic mass is 32.1. The van der Waals surface area contributed by atoms with Gasteiger partial charge in [0, 0.05) is 15.3 Å². The fourth-order valence-electron chi connectivity index (χ4n) is 3.53. The van der Waals surface area contributed by atoms with Crippen molar-refractivity contribution in [2.75, 3.05) is 19.7 Å². The fourth-order valence-corrected chi connectivity index (χ4v) is 4.56. The van der Waals surface area contributed by atoms with E-state index in [0.717, 1.165) is 18.8 Å². The standard InChI is InChI=1S/C20H25NO3S/c1-3-24-17-7-5-4-6-16(17)19(18-9-8-14(2)25-18)21-12-10-15(11-13-21)20(22)23/h4-9,15,19H,3,10-13H2,1-2H3,(H,22,23). The molecule has 0 saturated carbocycles. The number of nitrogens with zero attached hydrogens (tertiary/aromatic N) is 1. The van der Waals surface area contributed by atoms with Gasteiger partial charge in [0.25, 0.3) is 0 Å². The van der Waals surface area contributed by atoms with Gasteiger partial charge in [0.15, 0.2) is 0 Å². The van der Waals surface area contributed by atoms with Gasteiger partial charge < -0.3 is 9.84 Å². The van der Waals surface area contributed by atoms with E-state index in [9.17, 15) is 9.90 Å². The van der Waals surface area contributed by atoms with Crippen molar-refractivity contribution in [3.8, 4) is 5.75 Å². The van der Waals surface area contributed by atoms with Gasteiger partial charge in [0.2, 0.25) is 0 Å². The summed E-state index contributed by atoms with van der Waals surface area (Å²) in [4.78, 5) is 16.3. The Morgan fingerprint density at radius 3 is 2.60 bits per heavy atom. The minimum absolute atomic E-state index is 0.121. The van der Waals surface area contributed by atoms with Crippen molar-refractivity contribution in [3.05, 3.63) is 51.7 Å². The maximum atomic E-state index is 11.3. The average Bonchev–Trinajstić information content (AvgIpc) is 3.03. The number of hydrogen-bond acceptors (Lipinski definition) is 4. The van der Waals surface area contributed by atoms with Gasteiger partial charge in [-0.3, -0.25) is 9.69 Å². The Kier molecular flexibility index (Phi) is 5.76. The zero-order chi connectivity index (χ0) is 17.8. The van der Waals surface area contributed by atoms with Crippen LogP contribution in [0.25, 0.3) is 0 Å². The normalized spacial score (nSPS) is 17.4. The third-order valence-corrected chi connectivity index (χ3v) is 5.84. The molecule has 1 saturated heterocycles. The molecule has 0 aliphatic carbocycles. The molecule has 2 aromatic rings. The maximum Gasteiger partial charge on any atom is 0.306 e. The predicted octanol–water partition coefficient (Wildman–Crippen LogP) is 4.34. The zero-order valence-electron chi connectivity index (χ0n) is 14.8. The molecule has 3 rings (SSSR count). The monoisotopic (exact) mass is 359 g/mol. The summed E-state index contributed by atoms with van der Waals surface area (Å²) in [7, 11) is 0. The van der Waals surface area contributed by atoms with E-state index >= 15 is 0 Å². The van der Waals surface area contributed by atoms with Crippen molar-refractivity contribution < 1.29 is 14.6 Å². The fraction of sp³-hybridized carbons (Fsp3) is 0.450. The number of carboxylic acids is 1.